The smallest absolute Gasteiger partial charge is 0.266 e. The number of carbonyl (C=O) groups excluding carboxylic acids is 1. The SMILES string of the molecule is N#Cc1nc(-c2ccco2)oc1N1CCC(C(=O)N(CCO)CCc2ccccc2)CC1. The highest BCUT2D eigenvalue weighted by Crippen LogP contribution is 2.31. The van der Waals surface area contributed by atoms with Crippen molar-refractivity contribution in [3.63, 3.8) is 0 Å². The van der Waals surface area contributed by atoms with Gasteiger partial charge in [-0.2, -0.15) is 10.2 Å². The van der Waals surface area contributed by atoms with Crippen LogP contribution in [-0.2, 0) is 11.2 Å². The quantitative estimate of drug-likeness (QED) is 0.580. The van der Waals surface area contributed by atoms with Gasteiger partial charge in [-0.15, -0.1) is 0 Å². The highest BCUT2D eigenvalue weighted by molar-refractivity contribution is 5.79. The molecular weight excluding hydrogens is 408 g/mol. The number of aliphatic hydroxyl groups excluding tert-OH is 1. The largest absolute Gasteiger partial charge is 0.459 e. The standard InChI is InChI=1S/C24H26N4O4/c25-17-20-24(32-22(26-20)21-7-4-16-31-21)28-12-9-19(10-13-28)23(30)27(14-15-29)11-8-18-5-2-1-3-6-18/h1-7,16,19,29H,8-15H2. The summed E-state index contributed by atoms with van der Waals surface area (Å²) in [7, 11) is 0. The lowest BCUT2D eigenvalue weighted by molar-refractivity contribution is -0.136. The lowest BCUT2D eigenvalue weighted by atomic mass is 9.95. The highest BCUT2D eigenvalue weighted by atomic mass is 16.4. The topological polar surface area (TPSA) is 107 Å². The molecular formula is C24H26N4O4. The summed E-state index contributed by atoms with van der Waals surface area (Å²) in [6.07, 6.45) is 3.57. The summed E-state index contributed by atoms with van der Waals surface area (Å²) in [5.41, 5.74) is 1.38. The van der Waals surface area contributed by atoms with Crippen LogP contribution in [-0.4, -0.2) is 53.7 Å². The number of anilines is 1. The third-order valence-electron chi connectivity index (χ3n) is 5.77. The number of oxazole rings is 1. The summed E-state index contributed by atoms with van der Waals surface area (Å²) >= 11 is 0. The summed E-state index contributed by atoms with van der Waals surface area (Å²) in [6, 6.07) is 15.6. The van der Waals surface area contributed by atoms with Gasteiger partial charge >= 0.3 is 0 Å². The zero-order valence-electron chi connectivity index (χ0n) is 17.8. The lowest BCUT2D eigenvalue weighted by Gasteiger charge is -2.34. The number of hydrogen-bond acceptors (Lipinski definition) is 7. The van der Waals surface area contributed by atoms with E-state index in [1.807, 2.05) is 35.2 Å². The van der Waals surface area contributed by atoms with Crippen molar-refractivity contribution in [1.82, 2.24) is 9.88 Å². The van der Waals surface area contributed by atoms with Crippen molar-refractivity contribution in [3.8, 4) is 17.7 Å². The predicted octanol–water partition coefficient (Wildman–Crippen LogP) is 3.09. The molecule has 1 fully saturated rings. The van der Waals surface area contributed by atoms with E-state index in [2.05, 4.69) is 11.1 Å². The summed E-state index contributed by atoms with van der Waals surface area (Å²) in [5.74, 6) is 1.11. The first-order valence-electron chi connectivity index (χ1n) is 10.8. The Balaban J connectivity index is 1.38. The minimum atomic E-state index is -0.119. The van der Waals surface area contributed by atoms with Crippen molar-refractivity contribution in [2.75, 3.05) is 37.7 Å². The molecule has 2 aromatic heterocycles. The minimum absolute atomic E-state index is 0.0570. The van der Waals surface area contributed by atoms with Crippen molar-refractivity contribution in [2.24, 2.45) is 5.92 Å². The van der Waals surface area contributed by atoms with Gasteiger partial charge < -0.3 is 23.7 Å². The Labute approximate surface area is 186 Å². The summed E-state index contributed by atoms with van der Waals surface area (Å²) < 4.78 is 11.1. The fraction of sp³-hybridized carbons (Fsp3) is 0.375. The number of nitriles is 1. The molecule has 0 saturated carbocycles. The Hall–Kier alpha value is -3.57. The Kier molecular flexibility index (Phi) is 6.87. The molecule has 0 unspecified atom stereocenters. The van der Waals surface area contributed by atoms with Crippen molar-refractivity contribution < 1.29 is 18.7 Å². The van der Waals surface area contributed by atoms with Crippen LogP contribution in [0.1, 0.15) is 24.1 Å². The number of amides is 1. The maximum absolute atomic E-state index is 13.1. The second-order valence-electron chi connectivity index (χ2n) is 7.81. The lowest BCUT2D eigenvalue weighted by Crippen LogP contribution is -2.44. The van der Waals surface area contributed by atoms with E-state index in [9.17, 15) is 15.2 Å². The molecule has 0 spiro atoms. The van der Waals surface area contributed by atoms with E-state index >= 15 is 0 Å². The van der Waals surface area contributed by atoms with Gasteiger partial charge in [0.25, 0.3) is 5.89 Å². The summed E-state index contributed by atoms with van der Waals surface area (Å²) in [6.45, 7) is 2.03. The Morgan fingerprint density at radius 1 is 1.19 bits per heavy atom. The van der Waals surface area contributed by atoms with Crippen LogP contribution >= 0.6 is 0 Å². The van der Waals surface area contributed by atoms with Crippen LogP contribution in [0.2, 0.25) is 0 Å². The van der Waals surface area contributed by atoms with E-state index < -0.39 is 0 Å². The van der Waals surface area contributed by atoms with Gasteiger partial charge in [0.1, 0.15) is 6.07 Å². The molecule has 3 heterocycles. The van der Waals surface area contributed by atoms with Gasteiger partial charge in [0.05, 0.1) is 12.9 Å². The number of aromatic nitrogens is 1. The second kappa shape index (κ2) is 10.2. The number of nitrogens with zero attached hydrogens (tertiary/aromatic N) is 4. The number of aliphatic hydroxyl groups is 1. The zero-order chi connectivity index (χ0) is 22.3. The van der Waals surface area contributed by atoms with E-state index in [1.165, 1.54) is 11.8 Å². The molecule has 4 rings (SSSR count). The van der Waals surface area contributed by atoms with Crippen LogP contribution in [0, 0.1) is 17.2 Å². The predicted molar refractivity (Wildman–Crippen MR) is 118 cm³/mol. The third kappa shape index (κ3) is 4.84. The highest BCUT2D eigenvalue weighted by Gasteiger charge is 2.31. The molecule has 1 N–H and O–H groups in total. The molecule has 0 radical (unpaired) electrons. The van der Waals surface area contributed by atoms with Crippen molar-refractivity contribution >= 4 is 11.8 Å². The second-order valence-corrected chi connectivity index (χ2v) is 7.81. The van der Waals surface area contributed by atoms with Gasteiger partial charge in [0.2, 0.25) is 17.5 Å². The zero-order valence-corrected chi connectivity index (χ0v) is 17.8. The third-order valence-corrected chi connectivity index (χ3v) is 5.77. The maximum atomic E-state index is 13.1. The molecule has 1 saturated heterocycles. The van der Waals surface area contributed by atoms with Crippen molar-refractivity contribution in [2.45, 2.75) is 19.3 Å². The van der Waals surface area contributed by atoms with E-state index in [-0.39, 0.29) is 30.0 Å². The number of hydrogen-bond donors (Lipinski definition) is 1. The van der Waals surface area contributed by atoms with Gasteiger partial charge in [-0.25, -0.2) is 0 Å². The molecule has 0 bridgehead atoms. The number of furan rings is 1. The van der Waals surface area contributed by atoms with Crippen LogP contribution in [0.15, 0.2) is 57.6 Å². The fourth-order valence-electron chi connectivity index (χ4n) is 4.05. The van der Waals surface area contributed by atoms with E-state index in [0.29, 0.717) is 50.7 Å². The van der Waals surface area contributed by atoms with Crippen molar-refractivity contribution in [3.05, 3.63) is 60.0 Å². The number of piperidine rings is 1. The molecule has 0 atom stereocenters. The monoisotopic (exact) mass is 434 g/mol. The van der Waals surface area contributed by atoms with Crippen LogP contribution in [0.4, 0.5) is 5.88 Å². The molecule has 8 nitrogen and oxygen atoms in total. The molecule has 32 heavy (non-hydrogen) atoms. The molecule has 1 aliphatic heterocycles. The average Bonchev–Trinajstić information content (AvgIpc) is 3.52. The van der Waals surface area contributed by atoms with Crippen LogP contribution in [0.25, 0.3) is 11.7 Å². The summed E-state index contributed by atoms with van der Waals surface area (Å²) in [5, 5.41) is 18.9. The average molecular weight is 434 g/mol. The Morgan fingerprint density at radius 3 is 2.62 bits per heavy atom. The number of carbonyl (C=O) groups is 1. The molecule has 1 aromatic carbocycles. The van der Waals surface area contributed by atoms with Crippen LogP contribution < -0.4 is 4.90 Å². The minimum Gasteiger partial charge on any atom is -0.459 e. The fourth-order valence-corrected chi connectivity index (χ4v) is 4.05. The molecule has 1 amide bonds. The first-order chi connectivity index (χ1) is 15.7. The van der Waals surface area contributed by atoms with E-state index in [0.717, 1.165) is 6.42 Å². The molecule has 0 aliphatic carbocycles. The van der Waals surface area contributed by atoms with Crippen molar-refractivity contribution in [1.29, 1.82) is 5.26 Å². The molecule has 3 aromatic rings. The van der Waals surface area contributed by atoms with Gasteiger partial charge in [-0.3, -0.25) is 4.79 Å². The van der Waals surface area contributed by atoms with Crippen LogP contribution in [0.3, 0.4) is 0 Å². The first kappa shape index (κ1) is 21.7. The molecule has 1 aliphatic rings. The van der Waals surface area contributed by atoms with Gasteiger partial charge in [-0.1, -0.05) is 30.3 Å². The first-order valence-corrected chi connectivity index (χ1v) is 10.8. The maximum Gasteiger partial charge on any atom is 0.266 e. The Morgan fingerprint density at radius 2 is 1.97 bits per heavy atom. The molecule has 166 valence electrons. The molecule has 8 heteroatoms. The van der Waals surface area contributed by atoms with E-state index in [1.54, 1.807) is 17.0 Å². The van der Waals surface area contributed by atoms with Crippen LogP contribution in [0.5, 0.6) is 0 Å². The number of benzene rings is 1. The van der Waals surface area contributed by atoms with Gasteiger partial charge in [0.15, 0.2) is 5.76 Å². The number of rotatable bonds is 8. The summed E-state index contributed by atoms with van der Waals surface area (Å²) in [4.78, 5) is 21.1. The van der Waals surface area contributed by atoms with Gasteiger partial charge in [-0.05, 0) is 37.0 Å². The van der Waals surface area contributed by atoms with Gasteiger partial charge in [0, 0.05) is 32.1 Å². The Bertz CT molecular complexity index is 1050. The van der Waals surface area contributed by atoms with E-state index in [4.69, 9.17) is 8.83 Å². The normalized spacial score (nSPS) is 14.3.